The van der Waals surface area contributed by atoms with Gasteiger partial charge in [0, 0.05) is 6.07 Å². The average molecular weight is 769 g/mol. The molecule has 16 heteroatoms. The fourth-order valence-electron chi connectivity index (χ4n) is 5.81. The Morgan fingerprint density at radius 2 is 1.27 bits per heavy atom. The molecule has 0 heterocycles. The Morgan fingerprint density at radius 3 is 1.75 bits per heavy atom. The fraction of sp³-hybridized carbons (Fsp3) is 0.513. The molecule has 0 radical (unpaired) electrons. The van der Waals surface area contributed by atoms with Crippen molar-refractivity contribution in [2.45, 2.75) is 104 Å². The number of carbonyl (C=O) groups excluding carboxylic acids is 6. The van der Waals surface area contributed by atoms with Crippen molar-refractivity contribution < 1.29 is 48.9 Å². The predicted molar refractivity (Wildman–Crippen MR) is 203 cm³/mol. The Bertz CT molecular complexity index is 1680. The third kappa shape index (κ3) is 12.9. The van der Waals surface area contributed by atoms with E-state index in [2.05, 4.69) is 16.0 Å². The highest BCUT2D eigenvalue weighted by atomic mass is 16.4. The largest absolute Gasteiger partial charge is 0.508 e. The van der Waals surface area contributed by atoms with Gasteiger partial charge in [0.25, 0.3) is 11.8 Å². The van der Waals surface area contributed by atoms with Crippen molar-refractivity contribution in [2.24, 2.45) is 35.1 Å². The smallest absolute Gasteiger partial charge is 0.326 e. The second kappa shape index (κ2) is 20.4. The van der Waals surface area contributed by atoms with Crippen LogP contribution in [0.4, 0.5) is 0 Å². The Hall–Kier alpha value is -5.35. The van der Waals surface area contributed by atoms with Gasteiger partial charge in [-0.15, -0.1) is 0 Å². The summed E-state index contributed by atoms with van der Waals surface area (Å²) in [6.07, 6.45) is -0.241. The number of aromatic hydroxyl groups is 2. The number of hydrogen-bond donors (Lipinski definition) is 8. The summed E-state index contributed by atoms with van der Waals surface area (Å²) in [5.74, 6) is -11.2. The van der Waals surface area contributed by atoms with E-state index in [0.717, 1.165) is 18.2 Å². The van der Waals surface area contributed by atoms with Gasteiger partial charge in [-0.3, -0.25) is 33.7 Å². The minimum atomic E-state index is -1.75. The summed E-state index contributed by atoms with van der Waals surface area (Å²) >= 11 is 0. The molecule has 2 aromatic carbocycles. The molecular formula is C39H56N6O10. The van der Waals surface area contributed by atoms with Crippen molar-refractivity contribution >= 4 is 41.3 Å². The Kier molecular flexibility index (Phi) is 17.0. The number of Topliss-reactive ketones (excluding diaryl/α,β-unsaturated/α-hetero) is 1. The Labute approximate surface area is 321 Å². The maximum absolute atomic E-state index is 14.7. The van der Waals surface area contributed by atoms with E-state index in [-0.39, 0.29) is 30.2 Å². The van der Waals surface area contributed by atoms with Crippen LogP contribution in [0.3, 0.4) is 0 Å². The lowest BCUT2D eigenvalue weighted by molar-refractivity contribution is -0.160. The van der Waals surface area contributed by atoms with Crippen LogP contribution in [-0.4, -0.2) is 91.7 Å². The maximum atomic E-state index is 14.7. The number of amides is 5. The molecule has 0 saturated heterocycles. The molecule has 55 heavy (non-hydrogen) atoms. The summed E-state index contributed by atoms with van der Waals surface area (Å²) in [5, 5.41) is 37.7. The predicted octanol–water partition coefficient (Wildman–Crippen LogP) is 1.51. The van der Waals surface area contributed by atoms with Crippen molar-refractivity contribution in [3.63, 3.8) is 0 Å². The number of hydrogen-bond acceptors (Lipinski definition) is 11. The minimum Gasteiger partial charge on any atom is -0.508 e. The lowest BCUT2D eigenvalue weighted by Crippen LogP contribution is -2.64. The van der Waals surface area contributed by atoms with E-state index in [0.29, 0.717) is 10.5 Å². The molecule has 0 aliphatic rings. The quantitative estimate of drug-likeness (QED) is 0.0946. The van der Waals surface area contributed by atoms with E-state index in [4.69, 9.17) is 11.5 Å². The highest BCUT2D eigenvalue weighted by Gasteiger charge is 2.45. The van der Waals surface area contributed by atoms with Gasteiger partial charge in [0.15, 0.2) is 0 Å². The SMILES string of the molecule is CC(C)C[C@H](NC(=O)C(NC(=O)[C@@H](N)C(C)C)c1cc(O)cc(O)c1)C(=O)N(C(=O)C(=O)C(N)Cc1ccccc1)[C@H](C(=O)N[C@H](C(=O)O)C(C)C)C(C)C. The molecule has 0 aliphatic heterocycles. The van der Waals surface area contributed by atoms with Gasteiger partial charge in [0.05, 0.1) is 12.1 Å². The van der Waals surface area contributed by atoms with Crippen molar-refractivity contribution in [1.29, 1.82) is 0 Å². The molecule has 0 bridgehead atoms. The summed E-state index contributed by atoms with van der Waals surface area (Å²) < 4.78 is 0. The second-order valence-electron chi connectivity index (χ2n) is 15.1. The van der Waals surface area contributed by atoms with Crippen molar-refractivity contribution in [2.75, 3.05) is 0 Å². The normalized spacial score (nSPS) is 14.7. The van der Waals surface area contributed by atoms with E-state index in [9.17, 15) is 48.9 Å². The van der Waals surface area contributed by atoms with Gasteiger partial charge < -0.3 is 42.7 Å². The van der Waals surface area contributed by atoms with Gasteiger partial charge >= 0.3 is 5.97 Å². The highest BCUT2D eigenvalue weighted by molar-refractivity contribution is 6.41. The first kappa shape index (κ1) is 45.8. The van der Waals surface area contributed by atoms with E-state index in [1.807, 2.05) is 0 Å². The maximum Gasteiger partial charge on any atom is 0.326 e. The van der Waals surface area contributed by atoms with Gasteiger partial charge in [-0.05, 0) is 59.8 Å². The van der Waals surface area contributed by atoms with Crippen LogP contribution in [0.25, 0.3) is 0 Å². The number of aliphatic carboxylic acids is 1. The summed E-state index contributed by atoms with van der Waals surface area (Å²) in [4.78, 5) is 96.5. The number of imide groups is 1. The van der Waals surface area contributed by atoms with Crippen molar-refractivity contribution in [3.8, 4) is 11.5 Å². The number of nitrogens with zero attached hydrogens (tertiary/aromatic N) is 1. The summed E-state index contributed by atoms with van der Waals surface area (Å²) in [6, 6.07) is 2.79. The fourth-order valence-corrected chi connectivity index (χ4v) is 5.81. The number of carboxylic acids is 1. The van der Waals surface area contributed by atoms with Crippen molar-refractivity contribution in [1.82, 2.24) is 20.9 Å². The van der Waals surface area contributed by atoms with E-state index in [1.54, 1.807) is 71.9 Å². The molecule has 2 unspecified atom stereocenters. The third-order valence-electron chi connectivity index (χ3n) is 8.86. The van der Waals surface area contributed by atoms with Gasteiger partial charge in [-0.25, -0.2) is 4.79 Å². The molecular weight excluding hydrogens is 712 g/mol. The molecule has 5 amide bonds. The van der Waals surface area contributed by atoms with Crippen LogP contribution in [0.1, 0.15) is 79.0 Å². The van der Waals surface area contributed by atoms with Crippen LogP contribution in [0.15, 0.2) is 48.5 Å². The highest BCUT2D eigenvalue weighted by Crippen LogP contribution is 2.26. The van der Waals surface area contributed by atoms with Gasteiger partial charge in [0.1, 0.15) is 35.7 Å². The molecule has 6 atom stereocenters. The number of carbonyl (C=O) groups is 7. The first-order valence-corrected chi connectivity index (χ1v) is 18.2. The molecule has 16 nitrogen and oxygen atoms in total. The van der Waals surface area contributed by atoms with Gasteiger partial charge in [-0.1, -0.05) is 85.7 Å². The van der Waals surface area contributed by atoms with E-state index >= 15 is 0 Å². The number of ketones is 1. The number of nitrogens with one attached hydrogen (secondary N) is 3. The molecule has 0 aliphatic carbocycles. The molecule has 0 aromatic heterocycles. The molecule has 2 aromatic rings. The first-order valence-electron chi connectivity index (χ1n) is 18.2. The monoisotopic (exact) mass is 768 g/mol. The number of carboxylic acid groups (broad SMARTS) is 1. The number of nitrogens with two attached hydrogens (primary N) is 2. The zero-order valence-electron chi connectivity index (χ0n) is 32.6. The summed E-state index contributed by atoms with van der Waals surface area (Å²) in [6.45, 7) is 12.9. The third-order valence-corrected chi connectivity index (χ3v) is 8.86. The standard InChI is InChI=1S/C39H56N6O10/c1-19(2)14-28(42-35(50)31(44-34(49)29(41)20(3)4)24-16-25(46)18-26(47)17-24)37(52)45(32(22(7)8)36(51)43-30(21(5)6)39(54)55)38(53)33(48)27(40)15-23-12-10-9-11-13-23/h9-13,16-22,27-32,46-47H,14-15,40-41H2,1-8H3,(H,42,50)(H,43,51)(H,44,49)(H,54,55)/t27?,28-,29-,30-,31?,32-/m0/s1. The van der Waals surface area contributed by atoms with E-state index in [1.165, 1.54) is 13.8 Å². The zero-order valence-corrected chi connectivity index (χ0v) is 32.6. The van der Waals surface area contributed by atoms with Crippen molar-refractivity contribution in [3.05, 3.63) is 59.7 Å². The number of benzene rings is 2. The summed E-state index contributed by atoms with van der Waals surface area (Å²) in [7, 11) is 0. The Morgan fingerprint density at radius 1 is 0.709 bits per heavy atom. The molecule has 0 fully saturated rings. The van der Waals surface area contributed by atoms with Crippen LogP contribution < -0.4 is 27.4 Å². The van der Waals surface area contributed by atoms with Crippen LogP contribution in [0.2, 0.25) is 0 Å². The molecule has 0 saturated carbocycles. The number of rotatable bonds is 19. The van der Waals surface area contributed by atoms with Crippen LogP contribution in [-0.2, 0) is 40.0 Å². The Balaban J connectivity index is 2.73. The zero-order chi connectivity index (χ0) is 41.9. The van der Waals surface area contributed by atoms with Crippen LogP contribution in [0, 0.1) is 23.7 Å². The van der Waals surface area contributed by atoms with Crippen LogP contribution in [0.5, 0.6) is 11.5 Å². The minimum absolute atomic E-state index is 0.0853. The van der Waals surface area contributed by atoms with Gasteiger partial charge in [0.2, 0.25) is 23.5 Å². The second-order valence-corrected chi connectivity index (χ2v) is 15.1. The first-order chi connectivity index (χ1) is 25.6. The summed E-state index contributed by atoms with van der Waals surface area (Å²) in [5.41, 5.74) is 12.8. The molecule has 302 valence electrons. The lowest BCUT2D eigenvalue weighted by atomic mass is 9.94. The average Bonchev–Trinajstić information content (AvgIpc) is 3.09. The lowest BCUT2D eigenvalue weighted by Gasteiger charge is -2.36. The van der Waals surface area contributed by atoms with Gasteiger partial charge in [-0.2, -0.15) is 0 Å². The van der Waals surface area contributed by atoms with Crippen LogP contribution >= 0.6 is 0 Å². The molecule has 0 spiro atoms. The number of phenolic OH excluding ortho intramolecular Hbond substituents is 2. The number of phenols is 2. The van der Waals surface area contributed by atoms with E-state index < -0.39 is 101 Å². The topological polar surface area (TPSA) is 272 Å². The molecule has 10 N–H and O–H groups in total. The molecule has 2 rings (SSSR count).